The monoisotopic (exact) mass is 335 g/mol. The molecule has 0 aromatic heterocycles. The number of methoxy groups -OCH3 is 2. The van der Waals surface area contributed by atoms with Gasteiger partial charge in [-0.2, -0.15) is 0 Å². The van der Waals surface area contributed by atoms with E-state index in [2.05, 4.69) is 4.72 Å². The first-order valence-corrected chi connectivity index (χ1v) is 8.87. The highest BCUT2D eigenvalue weighted by molar-refractivity contribution is 7.92. The third kappa shape index (κ3) is 4.89. The van der Waals surface area contributed by atoms with Gasteiger partial charge in [-0.1, -0.05) is 18.2 Å². The van der Waals surface area contributed by atoms with Crippen molar-refractivity contribution in [2.45, 2.75) is 13.3 Å². The molecule has 0 fully saturated rings. The number of hydrogen-bond donors (Lipinski definition) is 1. The van der Waals surface area contributed by atoms with Gasteiger partial charge in [-0.05, 0) is 48.7 Å². The van der Waals surface area contributed by atoms with Gasteiger partial charge in [-0.25, -0.2) is 8.42 Å². The van der Waals surface area contributed by atoms with Crippen molar-refractivity contribution in [1.82, 2.24) is 0 Å². The Morgan fingerprint density at radius 1 is 1.04 bits per heavy atom. The quantitative estimate of drug-likeness (QED) is 0.845. The van der Waals surface area contributed by atoms with E-state index >= 15 is 0 Å². The van der Waals surface area contributed by atoms with E-state index in [4.69, 9.17) is 9.47 Å². The molecule has 0 aliphatic carbocycles. The van der Waals surface area contributed by atoms with Crippen LogP contribution in [0.1, 0.15) is 11.1 Å². The molecule has 0 saturated heterocycles. The van der Waals surface area contributed by atoms with Gasteiger partial charge in [0.05, 0.1) is 25.7 Å². The summed E-state index contributed by atoms with van der Waals surface area (Å²) in [7, 11) is -0.375. The summed E-state index contributed by atoms with van der Waals surface area (Å²) in [6.45, 7) is 1.90. The molecular formula is C17H21NO4S. The number of anilines is 1. The third-order valence-corrected chi connectivity index (χ3v) is 4.69. The summed E-state index contributed by atoms with van der Waals surface area (Å²) in [6.07, 6.45) is 0.403. The van der Waals surface area contributed by atoms with Crippen molar-refractivity contribution in [2.75, 3.05) is 24.7 Å². The summed E-state index contributed by atoms with van der Waals surface area (Å²) in [4.78, 5) is 0. The summed E-state index contributed by atoms with van der Waals surface area (Å²) < 4.78 is 37.6. The molecule has 0 heterocycles. The van der Waals surface area contributed by atoms with Crippen LogP contribution in [0.15, 0.2) is 42.5 Å². The van der Waals surface area contributed by atoms with Gasteiger partial charge >= 0.3 is 0 Å². The van der Waals surface area contributed by atoms with Crippen LogP contribution in [-0.2, 0) is 16.4 Å². The first-order chi connectivity index (χ1) is 10.9. The molecule has 1 N–H and O–H groups in total. The van der Waals surface area contributed by atoms with Crippen molar-refractivity contribution in [3.05, 3.63) is 53.6 Å². The molecule has 0 amide bonds. The Hall–Kier alpha value is -2.21. The van der Waals surface area contributed by atoms with Gasteiger partial charge in [-0.15, -0.1) is 0 Å². The zero-order chi connectivity index (χ0) is 16.9. The predicted molar refractivity (Wildman–Crippen MR) is 91.8 cm³/mol. The number of aryl methyl sites for hydroxylation is 2. The zero-order valence-corrected chi connectivity index (χ0v) is 14.3. The van der Waals surface area contributed by atoms with E-state index < -0.39 is 10.0 Å². The largest absolute Gasteiger partial charge is 0.497 e. The van der Waals surface area contributed by atoms with Gasteiger partial charge in [0.25, 0.3) is 0 Å². The van der Waals surface area contributed by atoms with Crippen LogP contribution in [0.4, 0.5) is 5.69 Å². The Bertz CT molecular complexity index is 772. The molecule has 0 unspecified atom stereocenters. The summed E-state index contributed by atoms with van der Waals surface area (Å²) in [6, 6.07) is 12.8. The number of ether oxygens (including phenoxy) is 2. The van der Waals surface area contributed by atoms with Gasteiger partial charge in [0, 0.05) is 0 Å². The van der Waals surface area contributed by atoms with Crippen LogP contribution in [0.3, 0.4) is 0 Å². The van der Waals surface area contributed by atoms with Crippen molar-refractivity contribution < 1.29 is 17.9 Å². The Labute approximate surface area is 137 Å². The highest BCUT2D eigenvalue weighted by Gasteiger charge is 2.14. The molecule has 2 aromatic carbocycles. The van der Waals surface area contributed by atoms with Gasteiger partial charge < -0.3 is 9.47 Å². The standard InChI is InChI=1S/C17H21NO4S/c1-13-7-8-17(22-3)16(11-13)18-23(19,20)10-9-14-5-4-6-15(12-14)21-2/h4-8,11-12,18H,9-10H2,1-3H3. The van der Waals surface area contributed by atoms with E-state index in [1.807, 2.05) is 37.3 Å². The minimum atomic E-state index is -3.47. The zero-order valence-electron chi connectivity index (χ0n) is 13.5. The minimum Gasteiger partial charge on any atom is -0.497 e. The molecule has 0 aliphatic rings. The first-order valence-electron chi connectivity index (χ1n) is 7.21. The number of sulfonamides is 1. The molecule has 0 aliphatic heterocycles. The second kappa shape index (κ2) is 7.37. The third-order valence-electron chi connectivity index (χ3n) is 3.41. The number of benzene rings is 2. The molecule has 0 saturated carbocycles. The maximum atomic E-state index is 12.3. The Kier molecular flexibility index (Phi) is 5.50. The second-order valence-electron chi connectivity index (χ2n) is 5.23. The lowest BCUT2D eigenvalue weighted by atomic mass is 10.2. The molecule has 0 spiro atoms. The molecule has 0 radical (unpaired) electrons. The summed E-state index contributed by atoms with van der Waals surface area (Å²) >= 11 is 0. The van der Waals surface area contributed by atoms with Crippen molar-refractivity contribution in [1.29, 1.82) is 0 Å². The Morgan fingerprint density at radius 3 is 2.52 bits per heavy atom. The van der Waals surface area contributed by atoms with Crippen LogP contribution < -0.4 is 14.2 Å². The van der Waals surface area contributed by atoms with Crippen molar-refractivity contribution in [3.8, 4) is 11.5 Å². The SMILES string of the molecule is COc1cccc(CCS(=O)(=O)Nc2cc(C)ccc2OC)c1. The van der Waals surface area contributed by atoms with Crippen LogP contribution in [0, 0.1) is 6.92 Å². The van der Waals surface area contributed by atoms with Crippen molar-refractivity contribution >= 4 is 15.7 Å². The molecule has 2 aromatic rings. The molecule has 6 heteroatoms. The fourth-order valence-electron chi connectivity index (χ4n) is 2.20. The van der Waals surface area contributed by atoms with Gasteiger partial charge in [0.1, 0.15) is 11.5 Å². The molecule has 5 nitrogen and oxygen atoms in total. The van der Waals surface area contributed by atoms with Gasteiger partial charge in [0.2, 0.25) is 10.0 Å². The van der Waals surface area contributed by atoms with E-state index in [0.29, 0.717) is 23.6 Å². The second-order valence-corrected chi connectivity index (χ2v) is 7.07. The van der Waals surface area contributed by atoms with Gasteiger partial charge in [-0.3, -0.25) is 4.72 Å². The smallest absolute Gasteiger partial charge is 0.233 e. The lowest BCUT2D eigenvalue weighted by Gasteiger charge is -2.12. The Morgan fingerprint density at radius 2 is 1.83 bits per heavy atom. The summed E-state index contributed by atoms with van der Waals surface area (Å²) in [5.41, 5.74) is 2.32. The van der Waals surface area contributed by atoms with E-state index in [1.165, 1.54) is 7.11 Å². The van der Waals surface area contributed by atoms with E-state index in [9.17, 15) is 8.42 Å². The highest BCUT2D eigenvalue weighted by Crippen LogP contribution is 2.26. The fraction of sp³-hybridized carbons (Fsp3) is 0.294. The topological polar surface area (TPSA) is 64.6 Å². The summed E-state index contributed by atoms with van der Waals surface area (Å²) in [5.74, 6) is 1.20. The molecule has 0 atom stereocenters. The average molecular weight is 335 g/mol. The fourth-order valence-corrected chi connectivity index (χ4v) is 3.30. The predicted octanol–water partition coefficient (Wildman–Crippen LogP) is 3.00. The summed E-state index contributed by atoms with van der Waals surface area (Å²) in [5, 5.41) is 0. The van der Waals surface area contributed by atoms with E-state index in [0.717, 1.165) is 11.1 Å². The van der Waals surface area contributed by atoms with E-state index in [1.54, 1.807) is 19.2 Å². The van der Waals surface area contributed by atoms with Crippen LogP contribution in [0.25, 0.3) is 0 Å². The van der Waals surface area contributed by atoms with Crippen LogP contribution in [0.2, 0.25) is 0 Å². The lowest BCUT2D eigenvalue weighted by molar-refractivity contribution is 0.414. The normalized spacial score (nSPS) is 11.1. The molecule has 2 rings (SSSR count). The number of rotatable bonds is 7. The Balaban J connectivity index is 2.09. The number of hydrogen-bond acceptors (Lipinski definition) is 4. The lowest BCUT2D eigenvalue weighted by Crippen LogP contribution is -2.18. The van der Waals surface area contributed by atoms with Gasteiger partial charge in [0.15, 0.2) is 0 Å². The molecular weight excluding hydrogens is 314 g/mol. The molecule has 23 heavy (non-hydrogen) atoms. The average Bonchev–Trinajstić information content (AvgIpc) is 2.53. The van der Waals surface area contributed by atoms with E-state index in [-0.39, 0.29) is 5.75 Å². The van der Waals surface area contributed by atoms with Crippen LogP contribution in [0.5, 0.6) is 11.5 Å². The van der Waals surface area contributed by atoms with Crippen molar-refractivity contribution in [3.63, 3.8) is 0 Å². The maximum Gasteiger partial charge on any atom is 0.233 e. The van der Waals surface area contributed by atoms with Crippen LogP contribution >= 0.6 is 0 Å². The minimum absolute atomic E-state index is 0.0166. The maximum absolute atomic E-state index is 12.3. The van der Waals surface area contributed by atoms with Crippen LogP contribution in [-0.4, -0.2) is 28.4 Å². The van der Waals surface area contributed by atoms with Crippen molar-refractivity contribution in [2.24, 2.45) is 0 Å². The molecule has 124 valence electrons. The first kappa shape index (κ1) is 17.1. The molecule has 0 bridgehead atoms. The highest BCUT2D eigenvalue weighted by atomic mass is 32.2. The number of nitrogens with one attached hydrogen (secondary N) is 1.